The van der Waals surface area contributed by atoms with Crippen LogP contribution < -0.4 is 4.74 Å². The Hall–Kier alpha value is -1.32. The minimum Gasteiger partial charge on any atom is -0.496 e. The number of ether oxygens (including phenoxy) is 1. The molecule has 19 heavy (non-hydrogen) atoms. The Kier molecular flexibility index (Phi) is 4.61. The number of hydrogen-bond acceptors (Lipinski definition) is 2. The maximum atomic E-state index is 12.2. The monoisotopic (exact) mass is 338 g/mol. The van der Waals surface area contributed by atoms with Crippen molar-refractivity contribution in [2.75, 3.05) is 7.11 Å². The molecule has 0 amide bonds. The molecule has 0 heterocycles. The fourth-order valence-electron chi connectivity index (χ4n) is 1.76. The first-order valence-corrected chi connectivity index (χ1v) is 6.89. The van der Waals surface area contributed by atoms with Gasteiger partial charge in [0.2, 0.25) is 0 Å². The molecule has 0 aliphatic heterocycles. The second-order valence-electron chi connectivity index (χ2n) is 4.04. The summed E-state index contributed by atoms with van der Waals surface area (Å²) in [4.78, 5) is 12.2. The summed E-state index contributed by atoms with van der Waals surface area (Å²) in [6, 6.07) is 12.6. The molecule has 0 radical (unpaired) electrons. The Morgan fingerprint density at radius 1 is 1.26 bits per heavy atom. The van der Waals surface area contributed by atoms with E-state index in [0.29, 0.717) is 22.8 Å². The van der Waals surface area contributed by atoms with Crippen LogP contribution in [0.15, 0.2) is 46.9 Å². The molecule has 0 saturated heterocycles. The average molecular weight is 340 g/mol. The van der Waals surface area contributed by atoms with E-state index in [1.165, 1.54) is 0 Å². The molecule has 4 heteroatoms. The van der Waals surface area contributed by atoms with Crippen molar-refractivity contribution < 1.29 is 9.53 Å². The highest BCUT2D eigenvalue weighted by atomic mass is 79.9. The maximum absolute atomic E-state index is 12.2. The second kappa shape index (κ2) is 6.22. The number of Topliss-reactive ketones (excluding diaryl/α,β-unsaturated/α-hetero) is 1. The van der Waals surface area contributed by atoms with Gasteiger partial charge in [-0.05, 0) is 45.8 Å². The van der Waals surface area contributed by atoms with Gasteiger partial charge in [-0.1, -0.05) is 29.8 Å². The Labute approximate surface area is 125 Å². The van der Waals surface area contributed by atoms with Crippen LogP contribution in [0.5, 0.6) is 5.75 Å². The zero-order valence-corrected chi connectivity index (χ0v) is 12.7. The number of carbonyl (C=O) groups excluding carboxylic acids is 1. The SMILES string of the molecule is COc1ccc(C(=O)Cc2ccccc2Cl)cc1Br. The summed E-state index contributed by atoms with van der Waals surface area (Å²) in [7, 11) is 1.59. The number of halogens is 2. The standard InChI is InChI=1S/C15H12BrClO2/c1-19-15-7-6-11(8-12(15)16)14(18)9-10-4-2-3-5-13(10)17/h2-8H,9H2,1H3. The first-order valence-electron chi connectivity index (χ1n) is 5.72. The largest absolute Gasteiger partial charge is 0.496 e. The highest BCUT2D eigenvalue weighted by molar-refractivity contribution is 9.10. The minimum absolute atomic E-state index is 0.0245. The lowest BCUT2D eigenvalue weighted by atomic mass is 10.0. The van der Waals surface area contributed by atoms with E-state index in [1.807, 2.05) is 18.2 Å². The summed E-state index contributed by atoms with van der Waals surface area (Å²) in [6.45, 7) is 0. The molecule has 0 aromatic heterocycles. The number of hydrogen-bond donors (Lipinski definition) is 0. The topological polar surface area (TPSA) is 26.3 Å². The second-order valence-corrected chi connectivity index (χ2v) is 5.30. The predicted molar refractivity (Wildman–Crippen MR) is 80.2 cm³/mol. The van der Waals surface area contributed by atoms with Gasteiger partial charge in [-0.25, -0.2) is 0 Å². The summed E-state index contributed by atoms with van der Waals surface area (Å²) in [5.41, 5.74) is 1.47. The lowest BCUT2D eigenvalue weighted by Crippen LogP contribution is -2.04. The zero-order valence-electron chi connectivity index (χ0n) is 10.3. The highest BCUT2D eigenvalue weighted by Crippen LogP contribution is 2.26. The van der Waals surface area contributed by atoms with Crippen LogP contribution in [0.25, 0.3) is 0 Å². The van der Waals surface area contributed by atoms with Gasteiger partial charge in [-0.15, -0.1) is 0 Å². The van der Waals surface area contributed by atoms with Crippen LogP contribution in [0.1, 0.15) is 15.9 Å². The summed E-state index contributed by atoms with van der Waals surface area (Å²) < 4.78 is 5.90. The van der Waals surface area contributed by atoms with Crippen molar-refractivity contribution in [3.63, 3.8) is 0 Å². The fourth-order valence-corrected chi connectivity index (χ4v) is 2.50. The van der Waals surface area contributed by atoms with Crippen molar-refractivity contribution in [1.29, 1.82) is 0 Å². The van der Waals surface area contributed by atoms with Crippen LogP contribution in [0.3, 0.4) is 0 Å². The molecule has 0 fully saturated rings. The molecule has 0 spiro atoms. The molecule has 2 nitrogen and oxygen atoms in total. The van der Waals surface area contributed by atoms with Crippen molar-refractivity contribution >= 4 is 33.3 Å². The van der Waals surface area contributed by atoms with E-state index in [4.69, 9.17) is 16.3 Å². The average Bonchev–Trinajstić information content (AvgIpc) is 2.41. The third kappa shape index (κ3) is 3.37. The zero-order chi connectivity index (χ0) is 13.8. The van der Waals surface area contributed by atoms with Crippen LogP contribution in [-0.2, 0) is 6.42 Å². The molecule has 0 saturated carbocycles. The fraction of sp³-hybridized carbons (Fsp3) is 0.133. The van der Waals surface area contributed by atoms with E-state index in [-0.39, 0.29) is 5.78 Å². The predicted octanol–water partition coefficient (Wildman–Crippen LogP) is 4.54. The molecule has 2 rings (SSSR count). The lowest BCUT2D eigenvalue weighted by molar-refractivity contribution is 0.0993. The third-order valence-electron chi connectivity index (χ3n) is 2.78. The van der Waals surface area contributed by atoms with E-state index in [9.17, 15) is 4.79 Å². The van der Waals surface area contributed by atoms with Crippen molar-refractivity contribution in [3.05, 3.63) is 63.1 Å². The quantitative estimate of drug-likeness (QED) is 0.765. The Morgan fingerprint density at radius 3 is 2.63 bits per heavy atom. The first kappa shape index (κ1) is 14.1. The molecular formula is C15H12BrClO2. The summed E-state index contributed by atoms with van der Waals surface area (Å²) in [5, 5.41) is 0.614. The van der Waals surface area contributed by atoms with Crippen LogP contribution in [0, 0.1) is 0 Å². The Morgan fingerprint density at radius 2 is 2.00 bits per heavy atom. The first-order chi connectivity index (χ1) is 9.11. The summed E-state index contributed by atoms with van der Waals surface area (Å²) in [5.74, 6) is 0.728. The van der Waals surface area contributed by atoms with Crippen LogP contribution in [0.4, 0.5) is 0 Å². The van der Waals surface area contributed by atoms with E-state index in [2.05, 4.69) is 15.9 Å². The molecule has 2 aromatic rings. The van der Waals surface area contributed by atoms with Crippen LogP contribution in [0.2, 0.25) is 5.02 Å². The van der Waals surface area contributed by atoms with E-state index in [0.717, 1.165) is 10.0 Å². The molecule has 0 unspecified atom stereocenters. The van der Waals surface area contributed by atoms with Gasteiger partial charge in [0.1, 0.15) is 5.75 Å². The van der Waals surface area contributed by atoms with Gasteiger partial charge in [0, 0.05) is 17.0 Å². The number of methoxy groups -OCH3 is 1. The van der Waals surface area contributed by atoms with E-state index < -0.39 is 0 Å². The van der Waals surface area contributed by atoms with Gasteiger partial charge >= 0.3 is 0 Å². The molecule has 0 N–H and O–H groups in total. The van der Waals surface area contributed by atoms with Crippen molar-refractivity contribution in [2.24, 2.45) is 0 Å². The molecule has 0 aliphatic carbocycles. The van der Waals surface area contributed by atoms with Gasteiger partial charge in [0.15, 0.2) is 5.78 Å². The van der Waals surface area contributed by atoms with Gasteiger partial charge in [-0.3, -0.25) is 4.79 Å². The Bertz CT molecular complexity index is 611. The van der Waals surface area contributed by atoms with Crippen molar-refractivity contribution in [2.45, 2.75) is 6.42 Å². The van der Waals surface area contributed by atoms with Gasteiger partial charge < -0.3 is 4.74 Å². The highest BCUT2D eigenvalue weighted by Gasteiger charge is 2.11. The van der Waals surface area contributed by atoms with Gasteiger partial charge in [-0.2, -0.15) is 0 Å². The van der Waals surface area contributed by atoms with E-state index >= 15 is 0 Å². The number of benzene rings is 2. The molecule has 98 valence electrons. The lowest BCUT2D eigenvalue weighted by Gasteiger charge is -2.07. The van der Waals surface area contributed by atoms with Crippen molar-refractivity contribution in [1.82, 2.24) is 0 Å². The molecule has 0 atom stereocenters. The minimum atomic E-state index is 0.0245. The van der Waals surface area contributed by atoms with Gasteiger partial charge in [0.05, 0.1) is 11.6 Å². The number of carbonyl (C=O) groups is 1. The Balaban J connectivity index is 2.21. The molecule has 0 bridgehead atoms. The maximum Gasteiger partial charge on any atom is 0.167 e. The van der Waals surface area contributed by atoms with Crippen LogP contribution in [-0.4, -0.2) is 12.9 Å². The van der Waals surface area contributed by atoms with Crippen LogP contribution >= 0.6 is 27.5 Å². The molecule has 0 aliphatic rings. The van der Waals surface area contributed by atoms with E-state index in [1.54, 1.807) is 31.4 Å². The summed E-state index contributed by atoms with van der Waals surface area (Å²) in [6.07, 6.45) is 0.290. The molecular weight excluding hydrogens is 328 g/mol. The summed E-state index contributed by atoms with van der Waals surface area (Å²) >= 11 is 9.43. The van der Waals surface area contributed by atoms with Gasteiger partial charge in [0.25, 0.3) is 0 Å². The smallest absolute Gasteiger partial charge is 0.167 e. The normalized spacial score (nSPS) is 10.3. The molecule has 2 aromatic carbocycles. The number of ketones is 1. The van der Waals surface area contributed by atoms with Crippen molar-refractivity contribution in [3.8, 4) is 5.75 Å². The number of rotatable bonds is 4. The third-order valence-corrected chi connectivity index (χ3v) is 3.77.